The minimum absolute atomic E-state index is 0.00577. The lowest BCUT2D eigenvalue weighted by Gasteiger charge is -2.24. The number of hydrogen-bond acceptors (Lipinski definition) is 3. The lowest BCUT2D eigenvalue weighted by molar-refractivity contribution is -0.134. The smallest absolute Gasteiger partial charge is 0.245 e. The Hall–Kier alpha value is -1.62. The van der Waals surface area contributed by atoms with E-state index in [0.29, 0.717) is 30.5 Å². The molecule has 106 valence electrons. The Bertz CT molecular complexity index is 545. The molecule has 1 aromatic heterocycles. The number of carbonyl (C=O) groups is 2. The number of nitrogens with one attached hydrogen (secondary N) is 1. The zero-order valence-corrected chi connectivity index (χ0v) is 11.8. The molecule has 1 atom stereocenters. The molecule has 0 radical (unpaired) electrons. The third-order valence-corrected chi connectivity index (χ3v) is 4.15. The second-order valence-corrected chi connectivity index (χ2v) is 5.77. The highest BCUT2D eigenvalue weighted by molar-refractivity contribution is 6.31. The molecular weight excluding hydrogens is 278 g/mol. The van der Waals surface area contributed by atoms with Crippen LogP contribution >= 0.6 is 11.6 Å². The number of hydrogen-bond donors (Lipinski definition) is 1. The first kappa shape index (κ1) is 13.4. The fraction of sp³-hybridized carbons (Fsp3) is 0.500. The van der Waals surface area contributed by atoms with Crippen LogP contribution in [0.15, 0.2) is 18.5 Å². The van der Waals surface area contributed by atoms with Crippen LogP contribution in [0.4, 0.5) is 0 Å². The monoisotopic (exact) mass is 293 g/mol. The first-order chi connectivity index (χ1) is 9.65. The molecule has 1 unspecified atom stereocenters. The quantitative estimate of drug-likeness (QED) is 0.915. The summed E-state index contributed by atoms with van der Waals surface area (Å²) in [6.45, 7) is 0.866. The van der Waals surface area contributed by atoms with Gasteiger partial charge in [-0.25, -0.2) is 0 Å². The Kier molecular flexibility index (Phi) is 3.61. The topological polar surface area (TPSA) is 62.3 Å². The van der Waals surface area contributed by atoms with Gasteiger partial charge in [0.05, 0.1) is 5.02 Å². The Morgan fingerprint density at radius 2 is 2.20 bits per heavy atom. The third-order valence-electron chi connectivity index (χ3n) is 3.81. The van der Waals surface area contributed by atoms with Gasteiger partial charge in [-0.1, -0.05) is 11.6 Å². The first-order valence-electron chi connectivity index (χ1n) is 6.81. The highest BCUT2D eigenvalue weighted by Gasteiger charge is 2.40. The summed E-state index contributed by atoms with van der Waals surface area (Å²) < 4.78 is 0. The molecule has 1 aliphatic carbocycles. The van der Waals surface area contributed by atoms with Gasteiger partial charge in [-0.15, -0.1) is 0 Å². The number of halogens is 1. The molecule has 1 N–H and O–H groups in total. The van der Waals surface area contributed by atoms with Gasteiger partial charge in [-0.05, 0) is 30.4 Å². The van der Waals surface area contributed by atoms with Gasteiger partial charge in [0, 0.05) is 31.9 Å². The molecule has 2 fully saturated rings. The number of carbonyl (C=O) groups excluding carboxylic acids is 2. The van der Waals surface area contributed by atoms with E-state index in [1.165, 1.54) is 0 Å². The maximum Gasteiger partial charge on any atom is 0.245 e. The van der Waals surface area contributed by atoms with E-state index >= 15 is 0 Å². The van der Waals surface area contributed by atoms with Gasteiger partial charge in [0.1, 0.15) is 6.04 Å². The van der Waals surface area contributed by atoms with E-state index in [2.05, 4.69) is 10.3 Å². The molecule has 0 spiro atoms. The van der Waals surface area contributed by atoms with Crippen molar-refractivity contribution in [2.45, 2.75) is 31.8 Å². The zero-order chi connectivity index (χ0) is 14.1. The molecule has 2 aliphatic rings. The number of aromatic nitrogens is 1. The van der Waals surface area contributed by atoms with Crippen LogP contribution in [0.3, 0.4) is 0 Å². The average Bonchev–Trinajstić information content (AvgIpc) is 3.26. The van der Waals surface area contributed by atoms with Crippen molar-refractivity contribution in [2.24, 2.45) is 5.92 Å². The summed E-state index contributed by atoms with van der Waals surface area (Å²) in [6, 6.07) is 1.45. The van der Waals surface area contributed by atoms with Crippen molar-refractivity contribution in [2.75, 3.05) is 6.54 Å². The molecule has 0 bridgehead atoms. The number of rotatable bonds is 3. The summed E-state index contributed by atoms with van der Waals surface area (Å²) in [6.07, 6.45) is 5.60. The molecule has 1 aromatic rings. The Labute approximate surface area is 122 Å². The van der Waals surface area contributed by atoms with Crippen LogP contribution in [0.25, 0.3) is 0 Å². The molecule has 6 heteroatoms. The largest absolute Gasteiger partial charge is 0.344 e. The maximum absolute atomic E-state index is 12.5. The van der Waals surface area contributed by atoms with Crippen molar-refractivity contribution in [3.63, 3.8) is 0 Å². The van der Waals surface area contributed by atoms with Crippen molar-refractivity contribution in [3.8, 4) is 0 Å². The van der Waals surface area contributed by atoms with E-state index in [-0.39, 0.29) is 17.9 Å². The van der Waals surface area contributed by atoms with Crippen LogP contribution in [0.1, 0.15) is 24.8 Å². The SMILES string of the molecule is O=C1CCN(Cc2ccncc2Cl)C(=O)C(C2CC2)N1. The molecule has 2 amide bonds. The molecule has 1 aliphatic heterocycles. The third kappa shape index (κ3) is 2.77. The Morgan fingerprint density at radius 1 is 1.40 bits per heavy atom. The summed E-state index contributed by atoms with van der Waals surface area (Å²) in [4.78, 5) is 29.9. The van der Waals surface area contributed by atoms with Crippen LogP contribution in [-0.4, -0.2) is 34.3 Å². The standard InChI is InChI=1S/C14H16ClN3O2/c15-11-7-16-5-3-10(11)8-18-6-4-12(19)17-13(14(18)20)9-1-2-9/h3,5,7,9,13H,1-2,4,6,8H2,(H,17,19). The molecular formula is C14H16ClN3O2. The first-order valence-corrected chi connectivity index (χ1v) is 7.19. The van der Waals surface area contributed by atoms with Crippen molar-refractivity contribution >= 4 is 23.4 Å². The molecule has 3 rings (SSSR count). The molecule has 20 heavy (non-hydrogen) atoms. The lowest BCUT2D eigenvalue weighted by Crippen LogP contribution is -2.45. The van der Waals surface area contributed by atoms with Crippen molar-refractivity contribution in [1.82, 2.24) is 15.2 Å². The van der Waals surface area contributed by atoms with E-state index in [1.54, 1.807) is 17.3 Å². The molecule has 1 saturated heterocycles. The number of pyridine rings is 1. The predicted octanol–water partition coefficient (Wildman–Crippen LogP) is 1.36. The van der Waals surface area contributed by atoms with Crippen LogP contribution in [0, 0.1) is 5.92 Å². The molecule has 0 aromatic carbocycles. The zero-order valence-electron chi connectivity index (χ0n) is 11.0. The molecule has 2 heterocycles. The highest BCUT2D eigenvalue weighted by atomic mass is 35.5. The van der Waals surface area contributed by atoms with Crippen molar-refractivity contribution < 1.29 is 9.59 Å². The van der Waals surface area contributed by atoms with Crippen LogP contribution in [-0.2, 0) is 16.1 Å². The number of nitrogens with zero attached hydrogens (tertiary/aromatic N) is 2. The van der Waals surface area contributed by atoms with Gasteiger partial charge in [0.25, 0.3) is 0 Å². The normalized spacial score (nSPS) is 23.4. The van der Waals surface area contributed by atoms with Crippen molar-refractivity contribution in [1.29, 1.82) is 0 Å². The van der Waals surface area contributed by atoms with Gasteiger partial charge in [0.2, 0.25) is 11.8 Å². The Balaban J connectivity index is 1.79. The second-order valence-electron chi connectivity index (χ2n) is 5.36. The van der Waals surface area contributed by atoms with Gasteiger partial charge < -0.3 is 10.2 Å². The van der Waals surface area contributed by atoms with E-state index in [1.807, 2.05) is 6.07 Å². The van der Waals surface area contributed by atoms with E-state index in [4.69, 9.17) is 11.6 Å². The molecule has 5 nitrogen and oxygen atoms in total. The van der Waals surface area contributed by atoms with Gasteiger partial charge in [-0.2, -0.15) is 0 Å². The Morgan fingerprint density at radius 3 is 2.90 bits per heavy atom. The average molecular weight is 294 g/mol. The minimum Gasteiger partial charge on any atom is -0.344 e. The van der Waals surface area contributed by atoms with Gasteiger partial charge in [-0.3, -0.25) is 14.6 Å². The van der Waals surface area contributed by atoms with Gasteiger partial charge in [0.15, 0.2) is 0 Å². The van der Waals surface area contributed by atoms with Crippen LogP contribution in [0.5, 0.6) is 0 Å². The van der Waals surface area contributed by atoms with Crippen LogP contribution in [0.2, 0.25) is 5.02 Å². The van der Waals surface area contributed by atoms with Crippen LogP contribution < -0.4 is 5.32 Å². The minimum atomic E-state index is -0.356. The van der Waals surface area contributed by atoms with E-state index in [9.17, 15) is 9.59 Å². The summed E-state index contributed by atoms with van der Waals surface area (Å²) >= 11 is 6.09. The summed E-state index contributed by atoms with van der Waals surface area (Å²) in [5.74, 6) is 0.268. The fourth-order valence-corrected chi connectivity index (χ4v) is 2.67. The second kappa shape index (κ2) is 5.40. The van der Waals surface area contributed by atoms with E-state index in [0.717, 1.165) is 18.4 Å². The summed E-state index contributed by atoms with van der Waals surface area (Å²) in [5.41, 5.74) is 0.860. The van der Waals surface area contributed by atoms with Crippen molar-refractivity contribution in [3.05, 3.63) is 29.0 Å². The maximum atomic E-state index is 12.5. The highest BCUT2D eigenvalue weighted by Crippen LogP contribution is 2.34. The fourth-order valence-electron chi connectivity index (χ4n) is 2.49. The van der Waals surface area contributed by atoms with E-state index < -0.39 is 0 Å². The van der Waals surface area contributed by atoms with Gasteiger partial charge >= 0.3 is 0 Å². The molecule has 1 saturated carbocycles. The number of amides is 2. The predicted molar refractivity (Wildman–Crippen MR) is 73.9 cm³/mol. The summed E-state index contributed by atoms with van der Waals surface area (Å²) in [7, 11) is 0. The lowest BCUT2D eigenvalue weighted by atomic mass is 10.1. The summed E-state index contributed by atoms with van der Waals surface area (Å²) in [5, 5.41) is 3.39.